The molecule has 1 aromatic rings. The zero-order chi connectivity index (χ0) is 18.9. The minimum absolute atomic E-state index is 0.724. The lowest BCUT2D eigenvalue weighted by Gasteiger charge is -2.06. The highest BCUT2D eigenvalue weighted by Crippen LogP contribution is 2.14. The van der Waals surface area contributed by atoms with E-state index in [1.54, 1.807) is 0 Å². The second-order valence-corrected chi connectivity index (χ2v) is 8.04. The molecule has 0 aromatic heterocycles. The van der Waals surface area contributed by atoms with Crippen LogP contribution in [0.15, 0.2) is 24.3 Å². The predicted octanol–water partition coefficient (Wildman–Crippen LogP) is 7.70. The second-order valence-electron chi connectivity index (χ2n) is 8.04. The van der Waals surface area contributed by atoms with Crippen LogP contribution < -0.4 is 5.32 Å². The van der Waals surface area contributed by atoms with Gasteiger partial charge in [0.15, 0.2) is 0 Å². The molecule has 1 N–H and O–H groups in total. The first kappa shape index (κ1) is 22.6. The van der Waals surface area contributed by atoms with E-state index in [4.69, 9.17) is 5.26 Å². The third kappa shape index (κ3) is 12.8. The maximum Gasteiger partial charge on any atom is 0.0991 e. The van der Waals surface area contributed by atoms with Crippen molar-refractivity contribution in [1.29, 1.82) is 5.26 Å². The molecule has 26 heavy (non-hydrogen) atoms. The summed E-state index contributed by atoms with van der Waals surface area (Å²) in [6.07, 6.45) is 18.2. The molecule has 0 spiro atoms. The molecule has 2 nitrogen and oxygen atoms in total. The molecule has 0 radical (unpaired) electrons. The Balaban J connectivity index is 1.79. The van der Waals surface area contributed by atoms with Gasteiger partial charge in [-0.3, -0.25) is 0 Å². The molecule has 0 aliphatic rings. The normalized spacial score (nSPS) is 10.8. The van der Waals surface area contributed by atoms with Gasteiger partial charge in [-0.15, -0.1) is 0 Å². The Morgan fingerprint density at radius 3 is 1.65 bits per heavy atom. The van der Waals surface area contributed by atoms with E-state index in [1.165, 1.54) is 83.5 Å². The smallest absolute Gasteiger partial charge is 0.0991 e. The van der Waals surface area contributed by atoms with Crippen LogP contribution >= 0.6 is 0 Å². The molecule has 1 aromatic carbocycles. The van der Waals surface area contributed by atoms with Gasteiger partial charge in [-0.1, -0.05) is 90.9 Å². The van der Waals surface area contributed by atoms with Gasteiger partial charge in [0.1, 0.15) is 0 Å². The molecule has 1 rings (SSSR count). The van der Waals surface area contributed by atoms with Crippen LogP contribution in [0.3, 0.4) is 0 Å². The molecule has 0 amide bonds. The Bertz CT molecular complexity index is 470. The number of anilines is 1. The van der Waals surface area contributed by atoms with Gasteiger partial charge in [-0.05, 0) is 36.6 Å². The van der Waals surface area contributed by atoms with Gasteiger partial charge >= 0.3 is 0 Å². The van der Waals surface area contributed by atoms with Crippen molar-refractivity contribution in [3.8, 4) is 6.07 Å². The van der Waals surface area contributed by atoms with Gasteiger partial charge in [-0.2, -0.15) is 5.26 Å². The number of nitrogens with zero attached hydrogens (tertiary/aromatic N) is 1. The molecule has 0 saturated heterocycles. The third-order valence-electron chi connectivity index (χ3n) is 5.05. The van der Waals surface area contributed by atoms with E-state index >= 15 is 0 Å². The molecule has 0 fully saturated rings. The zero-order valence-corrected chi connectivity index (χ0v) is 17.2. The second kappa shape index (κ2) is 15.7. The Labute approximate surface area is 162 Å². The Morgan fingerprint density at radius 1 is 0.731 bits per heavy atom. The summed E-state index contributed by atoms with van der Waals surface area (Å²) >= 11 is 0. The summed E-state index contributed by atoms with van der Waals surface area (Å²) in [6.45, 7) is 5.68. The lowest BCUT2D eigenvalue weighted by atomic mass is 10.0. The van der Waals surface area contributed by atoms with Crippen LogP contribution in [0, 0.1) is 17.2 Å². The van der Waals surface area contributed by atoms with Crippen LogP contribution in [0.1, 0.15) is 103 Å². The van der Waals surface area contributed by atoms with Gasteiger partial charge < -0.3 is 5.32 Å². The van der Waals surface area contributed by atoms with Crippen LogP contribution in [0.4, 0.5) is 5.69 Å². The number of hydrogen-bond acceptors (Lipinski definition) is 2. The summed E-state index contributed by atoms with van der Waals surface area (Å²) in [6, 6.07) is 9.87. The van der Waals surface area contributed by atoms with Crippen LogP contribution in [0.5, 0.6) is 0 Å². The summed E-state index contributed by atoms with van der Waals surface area (Å²) < 4.78 is 0. The highest BCUT2D eigenvalue weighted by Gasteiger charge is 1.96. The van der Waals surface area contributed by atoms with E-state index in [2.05, 4.69) is 25.2 Å². The number of nitriles is 1. The molecule has 0 saturated carbocycles. The SMILES string of the molecule is CC(C)CCCCCCCCCCCCCCNc1ccc(C#N)cc1. The van der Waals surface area contributed by atoms with E-state index in [0.717, 1.165) is 23.7 Å². The maximum absolute atomic E-state index is 8.78. The van der Waals surface area contributed by atoms with Crippen molar-refractivity contribution < 1.29 is 0 Å². The number of unbranched alkanes of at least 4 members (excludes halogenated alkanes) is 11. The van der Waals surface area contributed by atoms with Gasteiger partial charge in [0.2, 0.25) is 0 Å². The van der Waals surface area contributed by atoms with Gasteiger partial charge in [0, 0.05) is 12.2 Å². The summed E-state index contributed by atoms with van der Waals surface area (Å²) in [5.41, 5.74) is 1.84. The maximum atomic E-state index is 8.78. The average molecular weight is 357 g/mol. The van der Waals surface area contributed by atoms with Crippen molar-refractivity contribution in [2.75, 3.05) is 11.9 Å². The predicted molar refractivity (Wildman–Crippen MR) is 115 cm³/mol. The number of rotatable bonds is 16. The lowest BCUT2D eigenvalue weighted by molar-refractivity contribution is 0.503. The molecule has 0 bridgehead atoms. The van der Waals surface area contributed by atoms with Crippen molar-refractivity contribution in [3.63, 3.8) is 0 Å². The Hall–Kier alpha value is -1.49. The summed E-state index contributed by atoms with van der Waals surface area (Å²) in [5, 5.41) is 12.2. The van der Waals surface area contributed by atoms with E-state index in [1.807, 2.05) is 24.3 Å². The number of benzene rings is 1. The van der Waals surface area contributed by atoms with E-state index in [0.29, 0.717) is 0 Å². The van der Waals surface area contributed by atoms with Crippen molar-refractivity contribution >= 4 is 5.69 Å². The third-order valence-corrected chi connectivity index (χ3v) is 5.05. The van der Waals surface area contributed by atoms with Crippen LogP contribution in [0.25, 0.3) is 0 Å². The zero-order valence-electron chi connectivity index (χ0n) is 17.2. The molecule has 2 heteroatoms. The quantitative estimate of drug-likeness (QED) is 0.308. The monoisotopic (exact) mass is 356 g/mol. The summed E-state index contributed by atoms with van der Waals surface area (Å²) in [5.74, 6) is 0.877. The molecular weight excluding hydrogens is 316 g/mol. The summed E-state index contributed by atoms with van der Waals surface area (Å²) in [7, 11) is 0. The van der Waals surface area contributed by atoms with Crippen molar-refractivity contribution in [3.05, 3.63) is 29.8 Å². The molecule has 0 heterocycles. The fourth-order valence-corrected chi connectivity index (χ4v) is 3.34. The fourth-order valence-electron chi connectivity index (χ4n) is 3.34. The first-order valence-corrected chi connectivity index (χ1v) is 11.0. The Kier molecular flexibility index (Phi) is 13.7. The molecular formula is C24H40N2. The van der Waals surface area contributed by atoms with E-state index < -0.39 is 0 Å². The first-order valence-electron chi connectivity index (χ1n) is 11.0. The van der Waals surface area contributed by atoms with Gasteiger partial charge in [0.05, 0.1) is 11.6 Å². The average Bonchev–Trinajstić information content (AvgIpc) is 2.65. The standard InChI is InChI=1S/C24H40N2/c1-22(2)15-13-11-9-7-5-3-4-6-8-10-12-14-20-26-24-18-16-23(21-25)17-19-24/h16-19,22,26H,3-15,20H2,1-2H3. The molecule has 146 valence electrons. The van der Waals surface area contributed by atoms with Crippen molar-refractivity contribution in [1.82, 2.24) is 0 Å². The van der Waals surface area contributed by atoms with Crippen molar-refractivity contribution in [2.24, 2.45) is 5.92 Å². The van der Waals surface area contributed by atoms with Crippen LogP contribution in [-0.2, 0) is 0 Å². The van der Waals surface area contributed by atoms with E-state index in [9.17, 15) is 0 Å². The lowest BCUT2D eigenvalue weighted by Crippen LogP contribution is -2.01. The van der Waals surface area contributed by atoms with Crippen LogP contribution in [-0.4, -0.2) is 6.54 Å². The number of nitrogens with one attached hydrogen (secondary N) is 1. The minimum Gasteiger partial charge on any atom is -0.385 e. The topological polar surface area (TPSA) is 35.8 Å². The molecule has 0 aliphatic carbocycles. The molecule has 0 atom stereocenters. The molecule has 0 aliphatic heterocycles. The van der Waals surface area contributed by atoms with E-state index in [-0.39, 0.29) is 0 Å². The molecule has 0 unspecified atom stereocenters. The van der Waals surface area contributed by atoms with Crippen LogP contribution in [0.2, 0.25) is 0 Å². The first-order chi connectivity index (χ1) is 12.7. The van der Waals surface area contributed by atoms with Gasteiger partial charge in [-0.25, -0.2) is 0 Å². The number of hydrogen-bond donors (Lipinski definition) is 1. The highest BCUT2D eigenvalue weighted by atomic mass is 14.9. The fraction of sp³-hybridized carbons (Fsp3) is 0.708. The highest BCUT2D eigenvalue weighted by molar-refractivity contribution is 5.46. The van der Waals surface area contributed by atoms with Gasteiger partial charge in [0.25, 0.3) is 0 Å². The largest absolute Gasteiger partial charge is 0.385 e. The van der Waals surface area contributed by atoms with Crippen molar-refractivity contribution in [2.45, 2.75) is 97.3 Å². The minimum atomic E-state index is 0.724. The summed E-state index contributed by atoms with van der Waals surface area (Å²) in [4.78, 5) is 0. The Morgan fingerprint density at radius 2 is 1.19 bits per heavy atom.